The van der Waals surface area contributed by atoms with Gasteiger partial charge in [0.25, 0.3) is 0 Å². The van der Waals surface area contributed by atoms with E-state index in [-0.39, 0.29) is 11.3 Å². The van der Waals surface area contributed by atoms with Crippen LogP contribution in [0.2, 0.25) is 0 Å². The third-order valence-electron chi connectivity index (χ3n) is 2.53. The first-order valence-corrected chi connectivity index (χ1v) is 5.40. The zero-order valence-electron chi connectivity index (χ0n) is 9.91. The van der Waals surface area contributed by atoms with Crippen LogP contribution in [0.5, 0.6) is 11.5 Å². The summed E-state index contributed by atoms with van der Waals surface area (Å²) >= 11 is 0. The largest absolute Gasteiger partial charge is 0.448 e. The van der Waals surface area contributed by atoms with Gasteiger partial charge in [-0.15, -0.1) is 0 Å². The van der Waals surface area contributed by atoms with E-state index in [1.807, 2.05) is 0 Å². The smallest absolute Gasteiger partial charge is 0.198 e. The summed E-state index contributed by atoms with van der Waals surface area (Å²) < 4.78 is 45.7. The maximum Gasteiger partial charge on any atom is 0.198 e. The number of hydrogen-bond donors (Lipinski definition) is 0. The predicted octanol–water partition coefficient (Wildman–Crippen LogP) is 4.02. The van der Waals surface area contributed by atoms with Gasteiger partial charge >= 0.3 is 0 Å². The van der Waals surface area contributed by atoms with Crippen LogP contribution in [-0.2, 0) is 0 Å². The van der Waals surface area contributed by atoms with Crippen molar-refractivity contribution < 1.29 is 22.7 Å². The second kappa shape index (κ2) is 5.14. The number of rotatable bonds is 3. The van der Waals surface area contributed by atoms with Gasteiger partial charge in [0.1, 0.15) is 6.29 Å². The summed E-state index contributed by atoms with van der Waals surface area (Å²) in [6.07, 6.45) is 0.309. The van der Waals surface area contributed by atoms with E-state index in [2.05, 4.69) is 0 Å². The molecule has 0 aliphatic rings. The first-order chi connectivity index (χ1) is 9.02. The van der Waals surface area contributed by atoms with Crippen LogP contribution in [0.1, 0.15) is 15.9 Å². The Morgan fingerprint density at radius 2 is 1.74 bits per heavy atom. The van der Waals surface area contributed by atoms with Gasteiger partial charge in [0.2, 0.25) is 0 Å². The van der Waals surface area contributed by atoms with Crippen LogP contribution in [-0.4, -0.2) is 6.29 Å². The molecule has 0 heterocycles. The Labute approximate surface area is 107 Å². The number of ether oxygens (including phenoxy) is 1. The molecule has 0 aromatic heterocycles. The maximum absolute atomic E-state index is 13.7. The van der Waals surface area contributed by atoms with Gasteiger partial charge in [0.15, 0.2) is 29.0 Å². The second-order valence-corrected chi connectivity index (χ2v) is 3.92. The molecule has 0 radical (unpaired) electrons. The topological polar surface area (TPSA) is 26.3 Å². The molecule has 0 amide bonds. The highest BCUT2D eigenvalue weighted by Gasteiger charge is 2.16. The Bertz CT molecular complexity index is 616. The molecule has 2 aromatic rings. The minimum absolute atomic E-state index is 0.160. The van der Waals surface area contributed by atoms with Gasteiger partial charge in [0.05, 0.1) is 0 Å². The van der Waals surface area contributed by atoms with Crippen LogP contribution in [0, 0.1) is 24.4 Å². The number of aryl methyl sites for hydroxylation is 1. The van der Waals surface area contributed by atoms with Crippen LogP contribution in [0.3, 0.4) is 0 Å². The van der Waals surface area contributed by atoms with Crippen molar-refractivity contribution in [1.82, 2.24) is 0 Å². The fourth-order valence-corrected chi connectivity index (χ4v) is 1.55. The third-order valence-corrected chi connectivity index (χ3v) is 2.53. The first kappa shape index (κ1) is 13.1. The van der Waals surface area contributed by atoms with Crippen molar-refractivity contribution >= 4 is 6.29 Å². The molecular formula is C14H9F3O2. The molecule has 0 bridgehead atoms. The highest BCUT2D eigenvalue weighted by molar-refractivity contribution is 5.75. The van der Waals surface area contributed by atoms with Crippen molar-refractivity contribution in [3.8, 4) is 11.5 Å². The minimum Gasteiger partial charge on any atom is -0.448 e. The van der Waals surface area contributed by atoms with Crippen LogP contribution >= 0.6 is 0 Å². The van der Waals surface area contributed by atoms with E-state index in [9.17, 15) is 18.0 Å². The van der Waals surface area contributed by atoms with Crippen LogP contribution in [0.15, 0.2) is 30.3 Å². The maximum atomic E-state index is 13.7. The van der Waals surface area contributed by atoms with Gasteiger partial charge in [0, 0.05) is 5.56 Å². The van der Waals surface area contributed by atoms with E-state index in [1.54, 1.807) is 0 Å². The molecule has 5 heteroatoms. The molecule has 19 heavy (non-hydrogen) atoms. The monoisotopic (exact) mass is 266 g/mol. The number of benzene rings is 2. The zero-order valence-corrected chi connectivity index (χ0v) is 9.91. The van der Waals surface area contributed by atoms with Gasteiger partial charge in [-0.05, 0) is 30.7 Å². The molecule has 0 spiro atoms. The molecule has 2 aromatic carbocycles. The van der Waals surface area contributed by atoms with Crippen molar-refractivity contribution in [2.45, 2.75) is 6.92 Å². The number of carbonyl (C=O) groups is 1. The number of aldehydes is 1. The lowest BCUT2D eigenvalue weighted by atomic mass is 10.2. The first-order valence-electron chi connectivity index (χ1n) is 5.40. The van der Waals surface area contributed by atoms with Gasteiger partial charge in [-0.25, -0.2) is 13.2 Å². The average molecular weight is 266 g/mol. The van der Waals surface area contributed by atoms with E-state index in [0.29, 0.717) is 11.8 Å². The molecule has 0 aliphatic heterocycles. The standard InChI is InChI=1S/C14H9F3O2/c1-8-3-2-4-12(13(8)17)19-14-10(15)5-9(7-18)6-11(14)16/h2-7H,1H3. The number of halogens is 3. The predicted molar refractivity (Wildman–Crippen MR) is 63.0 cm³/mol. The molecule has 0 saturated heterocycles. The summed E-state index contributed by atoms with van der Waals surface area (Å²) in [5, 5.41) is 0. The quantitative estimate of drug-likeness (QED) is 0.784. The highest BCUT2D eigenvalue weighted by Crippen LogP contribution is 2.30. The van der Waals surface area contributed by atoms with Gasteiger partial charge < -0.3 is 4.74 Å². The fraction of sp³-hybridized carbons (Fsp3) is 0.0714. The molecule has 0 aliphatic carbocycles. The third kappa shape index (κ3) is 2.59. The van der Waals surface area contributed by atoms with E-state index >= 15 is 0 Å². The number of hydrogen-bond acceptors (Lipinski definition) is 2. The number of carbonyl (C=O) groups excluding carboxylic acids is 1. The molecule has 2 rings (SSSR count). The summed E-state index contributed by atoms with van der Waals surface area (Å²) in [6, 6.07) is 5.90. The Balaban J connectivity index is 2.44. The second-order valence-electron chi connectivity index (χ2n) is 3.92. The van der Waals surface area contributed by atoms with Gasteiger partial charge in [-0.2, -0.15) is 0 Å². The molecule has 0 saturated carbocycles. The minimum atomic E-state index is -1.07. The van der Waals surface area contributed by atoms with Crippen LogP contribution in [0.25, 0.3) is 0 Å². The summed E-state index contributed by atoms with van der Waals surface area (Å²) in [5.41, 5.74) is 0.134. The van der Waals surface area contributed by atoms with Gasteiger partial charge in [-0.1, -0.05) is 12.1 Å². The zero-order chi connectivity index (χ0) is 14.0. The SMILES string of the molecule is Cc1cccc(Oc2c(F)cc(C=O)cc2F)c1F. The lowest BCUT2D eigenvalue weighted by Crippen LogP contribution is -1.97. The van der Waals surface area contributed by atoms with E-state index in [4.69, 9.17) is 4.74 Å². The Hall–Kier alpha value is -2.30. The molecule has 98 valence electrons. The van der Waals surface area contributed by atoms with E-state index in [1.165, 1.54) is 25.1 Å². The normalized spacial score (nSPS) is 10.3. The lowest BCUT2D eigenvalue weighted by Gasteiger charge is -2.10. The van der Waals surface area contributed by atoms with Crippen molar-refractivity contribution in [2.24, 2.45) is 0 Å². The van der Waals surface area contributed by atoms with Crippen molar-refractivity contribution in [2.75, 3.05) is 0 Å². The summed E-state index contributed by atoms with van der Waals surface area (Å²) in [5.74, 6) is -3.85. The summed E-state index contributed by atoms with van der Waals surface area (Å²) in [7, 11) is 0. The molecule has 0 N–H and O–H groups in total. The van der Waals surface area contributed by atoms with Crippen molar-refractivity contribution in [3.63, 3.8) is 0 Å². The molecule has 2 nitrogen and oxygen atoms in total. The molecular weight excluding hydrogens is 257 g/mol. The molecule has 0 unspecified atom stereocenters. The van der Waals surface area contributed by atoms with Crippen LogP contribution < -0.4 is 4.74 Å². The average Bonchev–Trinajstić information content (AvgIpc) is 2.38. The summed E-state index contributed by atoms with van der Waals surface area (Å²) in [4.78, 5) is 10.4. The van der Waals surface area contributed by atoms with E-state index < -0.39 is 23.2 Å². The van der Waals surface area contributed by atoms with Crippen molar-refractivity contribution in [1.29, 1.82) is 0 Å². The Kier molecular flexibility index (Phi) is 3.55. The Morgan fingerprint density at radius 1 is 1.11 bits per heavy atom. The molecule has 0 fully saturated rings. The summed E-state index contributed by atoms with van der Waals surface area (Å²) in [6.45, 7) is 1.50. The van der Waals surface area contributed by atoms with Crippen molar-refractivity contribution in [3.05, 3.63) is 58.9 Å². The Morgan fingerprint density at radius 3 is 2.32 bits per heavy atom. The van der Waals surface area contributed by atoms with E-state index in [0.717, 1.165) is 12.1 Å². The molecule has 0 atom stereocenters. The fourth-order valence-electron chi connectivity index (χ4n) is 1.55. The van der Waals surface area contributed by atoms with Gasteiger partial charge in [-0.3, -0.25) is 4.79 Å². The highest BCUT2D eigenvalue weighted by atomic mass is 19.1. The van der Waals surface area contributed by atoms with Crippen LogP contribution in [0.4, 0.5) is 13.2 Å². The lowest BCUT2D eigenvalue weighted by molar-refractivity contribution is 0.112.